The van der Waals surface area contributed by atoms with Gasteiger partial charge in [-0.3, -0.25) is 4.79 Å². The lowest BCUT2D eigenvalue weighted by Gasteiger charge is -2.47. The predicted molar refractivity (Wildman–Crippen MR) is 96.9 cm³/mol. The third-order valence-electron chi connectivity index (χ3n) is 4.88. The molecule has 2 heterocycles. The lowest BCUT2D eigenvalue weighted by Crippen LogP contribution is -2.69. The van der Waals surface area contributed by atoms with Crippen molar-refractivity contribution in [1.82, 2.24) is 20.3 Å². The van der Waals surface area contributed by atoms with Gasteiger partial charge in [-0.15, -0.1) is 5.10 Å². The van der Waals surface area contributed by atoms with Crippen molar-refractivity contribution in [1.29, 1.82) is 0 Å². The molecule has 5 N–H and O–H groups in total. The van der Waals surface area contributed by atoms with E-state index in [2.05, 4.69) is 15.6 Å². The van der Waals surface area contributed by atoms with Crippen molar-refractivity contribution in [3.05, 3.63) is 11.9 Å². The van der Waals surface area contributed by atoms with Crippen LogP contribution in [0.4, 0.5) is 8.78 Å². The second-order valence-corrected chi connectivity index (χ2v) is 7.48. The molecule has 1 aliphatic heterocycles. The minimum Gasteiger partial charge on any atom is -0.477 e. The second kappa shape index (κ2) is 9.91. The number of halogens is 2. The Morgan fingerprint density at radius 2 is 2.06 bits per heavy atom. The van der Waals surface area contributed by atoms with E-state index < -0.39 is 66.8 Å². The van der Waals surface area contributed by atoms with Crippen molar-refractivity contribution in [2.45, 2.75) is 62.9 Å². The van der Waals surface area contributed by atoms with Crippen molar-refractivity contribution in [2.24, 2.45) is 5.92 Å². The number of aliphatic hydroxyl groups is 3. The van der Waals surface area contributed by atoms with Crippen LogP contribution < -0.4 is 5.32 Å². The zero-order valence-electron chi connectivity index (χ0n) is 17.1. The Morgan fingerprint density at radius 1 is 1.42 bits per heavy atom. The van der Waals surface area contributed by atoms with E-state index in [4.69, 9.17) is 14.6 Å². The van der Waals surface area contributed by atoms with Gasteiger partial charge in [-0.25, -0.2) is 13.9 Å². The number of nitrogens with zero attached hydrogens (tertiary/aromatic N) is 3. The lowest BCUT2D eigenvalue weighted by atomic mass is 9.85. The summed E-state index contributed by atoms with van der Waals surface area (Å²) in [5.74, 6) is -7.57. The Kier molecular flexibility index (Phi) is 7.99. The van der Waals surface area contributed by atoms with E-state index in [0.29, 0.717) is 0 Å². The van der Waals surface area contributed by atoms with Crippen molar-refractivity contribution in [3.63, 3.8) is 0 Å². The fraction of sp³-hybridized carbons (Fsp3) is 0.765. The summed E-state index contributed by atoms with van der Waals surface area (Å²) in [5, 5.41) is 48.5. The first-order chi connectivity index (χ1) is 14.5. The van der Waals surface area contributed by atoms with Crippen molar-refractivity contribution in [2.75, 3.05) is 13.7 Å². The fourth-order valence-electron chi connectivity index (χ4n) is 3.18. The number of alkyl halides is 2. The largest absolute Gasteiger partial charge is 0.477 e. The molecule has 1 fully saturated rings. The van der Waals surface area contributed by atoms with Gasteiger partial charge in [-0.05, 0) is 0 Å². The Hall–Kier alpha value is -2.26. The quantitative estimate of drug-likeness (QED) is 0.290. The smallest absolute Gasteiger partial charge is 0.372 e. The molecule has 1 amide bonds. The van der Waals surface area contributed by atoms with E-state index in [0.717, 1.165) is 10.9 Å². The highest BCUT2D eigenvalue weighted by atomic mass is 19.2. The van der Waals surface area contributed by atoms with Crippen LogP contribution in [0, 0.1) is 5.92 Å². The van der Waals surface area contributed by atoms with Gasteiger partial charge in [0.25, 0.3) is 0 Å². The standard InChI is InChI=1S/C17H26F2N4O8/c1-7(2)15(27)20-10-11(23-4-8(6-30-3)21-22-23)14(18)17(19,16(28)29)31-13(10)12(26)9(25)5-24/h4,7,9-14,24-26H,5-6H2,1-3H3,(H,20,27)(H,28,29)/t9-,10?,11?,12-,13?,14?,17-/m1/s1. The number of aromatic nitrogens is 3. The van der Waals surface area contributed by atoms with Crippen LogP contribution in [0.2, 0.25) is 0 Å². The highest BCUT2D eigenvalue weighted by Crippen LogP contribution is 2.41. The predicted octanol–water partition coefficient (Wildman–Crippen LogP) is -1.69. The van der Waals surface area contributed by atoms with E-state index in [1.165, 1.54) is 21.0 Å². The topological polar surface area (TPSA) is 176 Å². The summed E-state index contributed by atoms with van der Waals surface area (Å²) in [6.45, 7) is 1.98. The minimum absolute atomic E-state index is 0.0435. The van der Waals surface area contributed by atoms with Crippen molar-refractivity contribution < 1.29 is 48.3 Å². The number of nitrogens with one attached hydrogen (secondary N) is 1. The number of hydrogen-bond donors (Lipinski definition) is 5. The summed E-state index contributed by atoms with van der Waals surface area (Å²) in [7, 11) is 1.36. The highest BCUT2D eigenvalue weighted by molar-refractivity contribution is 5.79. The van der Waals surface area contributed by atoms with Gasteiger partial charge >= 0.3 is 11.8 Å². The number of amides is 1. The van der Waals surface area contributed by atoms with Crippen LogP contribution in [0.25, 0.3) is 0 Å². The summed E-state index contributed by atoms with van der Waals surface area (Å²) in [4.78, 5) is 23.9. The van der Waals surface area contributed by atoms with Gasteiger partial charge in [0.1, 0.15) is 30.0 Å². The molecule has 1 aromatic heterocycles. The third kappa shape index (κ3) is 4.98. The SMILES string of the molecule is COCc1cn(C2C(NC(=O)C(C)C)C([C@H](O)[C@H](O)CO)O[C@@](F)(C(=O)O)C2F)nn1. The first kappa shape index (κ1) is 25.0. The maximum Gasteiger partial charge on any atom is 0.372 e. The van der Waals surface area contributed by atoms with Gasteiger partial charge in [0.05, 0.1) is 25.5 Å². The van der Waals surface area contributed by atoms with Gasteiger partial charge in [0.2, 0.25) is 5.91 Å². The van der Waals surface area contributed by atoms with E-state index in [-0.39, 0.29) is 12.3 Å². The summed E-state index contributed by atoms with van der Waals surface area (Å²) in [6.07, 6.45) is -7.71. The first-order valence-electron chi connectivity index (χ1n) is 9.39. The Balaban J connectivity index is 2.61. The molecule has 1 saturated heterocycles. The molecule has 1 aliphatic rings. The Bertz CT molecular complexity index is 781. The van der Waals surface area contributed by atoms with E-state index in [1.54, 1.807) is 0 Å². The van der Waals surface area contributed by atoms with Gasteiger partial charge in [0.15, 0.2) is 6.17 Å². The summed E-state index contributed by atoms with van der Waals surface area (Å²) < 4.78 is 40.9. The second-order valence-electron chi connectivity index (χ2n) is 7.48. The van der Waals surface area contributed by atoms with Crippen LogP contribution in [0.15, 0.2) is 6.20 Å². The number of aliphatic carboxylic acids is 1. The van der Waals surface area contributed by atoms with Crippen molar-refractivity contribution >= 4 is 11.9 Å². The molecule has 12 nitrogen and oxygen atoms in total. The van der Waals surface area contributed by atoms with Gasteiger partial charge in [-0.1, -0.05) is 19.1 Å². The average Bonchev–Trinajstić information content (AvgIpc) is 3.17. The molecule has 0 spiro atoms. The van der Waals surface area contributed by atoms with Crippen LogP contribution in [0.3, 0.4) is 0 Å². The molecule has 14 heteroatoms. The maximum absolute atomic E-state index is 15.3. The third-order valence-corrected chi connectivity index (χ3v) is 4.88. The molecule has 7 atom stereocenters. The van der Waals surface area contributed by atoms with Crippen LogP contribution in [0.5, 0.6) is 0 Å². The number of ether oxygens (including phenoxy) is 2. The average molecular weight is 452 g/mol. The minimum atomic E-state index is -3.96. The number of carbonyl (C=O) groups is 2. The molecular weight excluding hydrogens is 426 g/mol. The van der Waals surface area contributed by atoms with Crippen molar-refractivity contribution in [3.8, 4) is 0 Å². The summed E-state index contributed by atoms with van der Waals surface area (Å²) in [5.41, 5.74) is 0.197. The molecule has 0 bridgehead atoms. The van der Waals surface area contributed by atoms with Crippen LogP contribution in [0.1, 0.15) is 25.6 Å². The van der Waals surface area contributed by atoms with Crippen LogP contribution in [-0.4, -0.2) is 97.4 Å². The number of aliphatic hydroxyl groups excluding tert-OH is 3. The first-order valence-corrected chi connectivity index (χ1v) is 9.39. The molecule has 2 rings (SSSR count). The monoisotopic (exact) mass is 452 g/mol. The normalized spacial score (nSPS) is 30.7. The molecule has 0 aromatic carbocycles. The molecule has 0 aliphatic carbocycles. The Labute approximate surface area is 175 Å². The van der Waals surface area contributed by atoms with Gasteiger partial charge < -0.3 is 35.2 Å². The number of rotatable bonds is 9. The van der Waals surface area contributed by atoms with E-state index >= 15 is 8.78 Å². The molecule has 31 heavy (non-hydrogen) atoms. The molecule has 0 saturated carbocycles. The molecule has 1 aromatic rings. The number of hydrogen-bond acceptors (Lipinski definition) is 9. The number of carboxylic acid groups (broad SMARTS) is 1. The number of carboxylic acids is 1. The lowest BCUT2D eigenvalue weighted by molar-refractivity contribution is -0.283. The van der Waals surface area contributed by atoms with E-state index in [1.807, 2.05) is 0 Å². The molecule has 4 unspecified atom stereocenters. The molecule has 176 valence electrons. The van der Waals surface area contributed by atoms with Crippen LogP contribution in [-0.2, 0) is 25.7 Å². The number of carbonyl (C=O) groups excluding carboxylic acids is 1. The Morgan fingerprint density at radius 3 is 2.58 bits per heavy atom. The summed E-state index contributed by atoms with van der Waals surface area (Å²) in [6, 6.07) is -3.44. The molecule has 0 radical (unpaired) electrons. The van der Waals surface area contributed by atoms with Gasteiger partial charge in [0, 0.05) is 13.0 Å². The maximum atomic E-state index is 15.3. The number of methoxy groups -OCH3 is 1. The fourth-order valence-corrected chi connectivity index (χ4v) is 3.18. The van der Waals surface area contributed by atoms with Gasteiger partial charge in [-0.2, -0.15) is 4.39 Å². The highest BCUT2D eigenvalue weighted by Gasteiger charge is 2.64. The molecular formula is C17H26F2N4O8. The zero-order chi connectivity index (χ0) is 23.5. The van der Waals surface area contributed by atoms with E-state index in [9.17, 15) is 24.9 Å². The van der Waals surface area contributed by atoms with Crippen LogP contribution >= 0.6 is 0 Å². The summed E-state index contributed by atoms with van der Waals surface area (Å²) >= 11 is 0. The zero-order valence-corrected chi connectivity index (χ0v) is 17.1.